The van der Waals surface area contributed by atoms with Crippen LogP contribution < -0.4 is 0 Å². The Kier molecular flexibility index (Phi) is 0.805. The van der Waals surface area contributed by atoms with Crippen molar-refractivity contribution in [2.75, 3.05) is 6.61 Å². The third-order valence-corrected chi connectivity index (χ3v) is 0.913. The van der Waals surface area contributed by atoms with E-state index in [9.17, 15) is 0 Å². The van der Waals surface area contributed by atoms with Crippen molar-refractivity contribution in [3.05, 3.63) is 0 Å². The predicted molar refractivity (Wildman–Crippen MR) is 28.5 cm³/mol. The van der Waals surface area contributed by atoms with Gasteiger partial charge in [0.25, 0.3) is 0 Å². The molecular weight excluding hydrogens is 90.1 g/mol. The minimum Gasteiger partial charge on any atom is -0.481 e. The van der Waals surface area contributed by atoms with Crippen molar-refractivity contribution in [2.45, 2.75) is 19.4 Å². The van der Waals surface area contributed by atoms with Gasteiger partial charge >= 0.3 is 0 Å². The van der Waals surface area contributed by atoms with E-state index in [2.05, 4.69) is 4.99 Å². The Hall–Kier alpha value is -0.530. The Balaban J connectivity index is 2.57. The van der Waals surface area contributed by atoms with E-state index < -0.39 is 0 Å². The van der Waals surface area contributed by atoms with E-state index in [1.807, 2.05) is 13.8 Å². The van der Waals surface area contributed by atoms with Crippen molar-refractivity contribution < 1.29 is 4.74 Å². The van der Waals surface area contributed by atoms with Crippen LogP contribution in [0, 0.1) is 0 Å². The van der Waals surface area contributed by atoms with Gasteiger partial charge in [0.2, 0.25) is 0 Å². The fourth-order valence-electron chi connectivity index (χ4n) is 0.458. The van der Waals surface area contributed by atoms with Crippen LogP contribution in [-0.4, -0.2) is 18.5 Å². The van der Waals surface area contributed by atoms with E-state index in [0.717, 1.165) is 6.61 Å². The summed E-state index contributed by atoms with van der Waals surface area (Å²) in [5.74, 6) is 0. The van der Waals surface area contributed by atoms with Crippen molar-refractivity contribution in [3.63, 3.8) is 0 Å². The quantitative estimate of drug-likeness (QED) is 0.440. The zero-order chi connectivity index (χ0) is 5.33. The van der Waals surface area contributed by atoms with Crippen LogP contribution in [0.2, 0.25) is 0 Å². The Morgan fingerprint density at radius 2 is 2.43 bits per heavy atom. The molecule has 0 aromatic carbocycles. The number of rotatable bonds is 0. The van der Waals surface area contributed by atoms with Crippen molar-refractivity contribution in [1.82, 2.24) is 0 Å². The molecule has 40 valence electrons. The highest BCUT2D eigenvalue weighted by Crippen LogP contribution is 2.11. The van der Waals surface area contributed by atoms with Gasteiger partial charge in [0.1, 0.15) is 6.61 Å². The number of aliphatic imine (C=N–C) groups is 1. The second-order valence-corrected chi connectivity index (χ2v) is 2.36. The third kappa shape index (κ3) is 0.918. The van der Waals surface area contributed by atoms with Gasteiger partial charge < -0.3 is 4.74 Å². The molecule has 7 heavy (non-hydrogen) atoms. The third-order valence-electron chi connectivity index (χ3n) is 0.913. The predicted octanol–water partition coefficient (Wildman–Crippen LogP) is 0.824. The molecule has 0 aliphatic carbocycles. The standard InChI is InChI=1S/C5H9NO/c1-5(2)3-7-4-6-5/h4H,3H2,1-2H3. The number of nitrogens with zero attached hydrogens (tertiary/aromatic N) is 1. The number of hydrogen-bond donors (Lipinski definition) is 0. The molecule has 0 spiro atoms. The molecule has 0 fully saturated rings. The Morgan fingerprint density at radius 1 is 1.71 bits per heavy atom. The average Bonchev–Trinajstić information content (AvgIpc) is 1.84. The molecule has 1 aliphatic heterocycles. The fourth-order valence-corrected chi connectivity index (χ4v) is 0.458. The first kappa shape index (κ1) is 4.62. The summed E-state index contributed by atoms with van der Waals surface area (Å²) in [6, 6.07) is 0. The highest BCUT2D eigenvalue weighted by molar-refractivity contribution is 5.49. The second kappa shape index (κ2) is 1.22. The molecule has 1 rings (SSSR count). The molecule has 0 N–H and O–H groups in total. The molecule has 0 bridgehead atoms. The minimum absolute atomic E-state index is 0.0417. The van der Waals surface area contributed by atoms with Gasteiger partial charge in [-0.2, -0.15) is 0 Å². The Morgan fingerprint density at radius 3 is 2.57 bits per heavy atom. The van der Waals surface area contributed by atoms with Crippen LogP contribution in [0.25, 0.3) is 0 Å². The molecule has 0 saturated heterocycles. The van der Waals surface area contributed by atoms with Crippen LogP contribution in [0.3, 0.4) is 0 Å². The molecule has 0 unspecified atom stereocenters. The van der Waals surface area contributed by atoms with Crippen LogP contribution in [0.5, 0.6) is 0 Å². The van der Waals surface area contributed by atoms with Crippen LogP contribution >= 0.6 is 0 Å². The minimum atomic E-state index is 0.0417. The summed E-state index contributed by atoms with van der Waals surface area (Å²) in [5.41, 5.74) is 0.0417. The molecule has 2 nitrogen and oxygen atoms in total. The zero-order valence-corrected chi connectivity index (χ0v) is 4.64. The van der Waals surface area contributed by atoms with E-state index in [1.54, 1.807) is 0 Å². The lowest BCUT2D eigenvalue weighted by Crippen LogP contribution is -2.17. The summed E-state index contributed by atoms with van der Waals surface area (Å²) >= 11 is 0. The lowest BCUT2D eigenvalue weighted by Gasteiger charge is -2.07. The summed E-state index contributed by atoms with van der Waals surface area (Å²) in [6.07, 6.45) is 1.51. The first-order valence-electron chi connectivity index (χ1n) is 2.36. The van der Waals surface area contributed by atoms with Crippen LogP contribution in [0.15, 0.2) is 4.99 Å². The number of ether oxygens (including phenoxy) is 1. The van der Waals surface area contributed by atoms with Gasteiger partial charge in [-0.1, -0.05) is 0 Å². The maximum absolute atomic E-state index is 4.87. The molecule has 0 atom stereocenters. The maximum atomic E-state index is 4.87. The molecule has 2 heteroatoms. The van der Waals surface area contributed by atoms with E-state index in [1.165, 1.54) is 6.40 Å². The lowest BCUT2D eigenvalue weighted by atomic mass is 10.1. The average molecular weight is 99.1 g/mol. The summed E-state index contributed by atoms with van der Waals surface area (Å²) in [4.78, 5) is 4.02. The smallest absolute Gasteiger partial charge is 0.170 e. The van der Waals surface area contributed by atoms with E-state index in [-0.39, 0.29) is 5.54 Å². The molecule has 0 amide bonds. The van der Waals surface area contributed by atoms with Crippen LogP contribution in [-0.2, 0) is 4.74 Å². The number of hydrogen-bond acceptors (Lipinski definition) is 2. The maximum Gasteiger partial charge on any atom is 0.170 e. The van der Waals surface area contributed by atoms with Gasteiger partial charge in [-0.3, -0.25) is 0 Å². The first-order valence-corrected chi connectivity index (χ1v) is 2.36. The molecule has 1 heterocycles. The van der Waals surface area contributed by atoms with Crippen molar-refractivity contribution in [1.29, 1.82) is 0 Å². The topological polar surface area (TPSA) is 21.6 Å². The Labute approximate surface area is 43.2 Å². The summed E-state index contributed by atoms with van der Waals surface area (Å²) in [6.45, 7) is 4.81. The molecular formula is C5H9NO. The van der Waals surface area contributed by atoms with Gasteiger partial charge in [-0.05, 0) is 13.8 Å². The molecule has 0 aromatic heterocycles. The molecule has 0 radical (unpaired) electrons. The summed E-state index contributed by atoms with van der Waals surface area (Å²) < 4.78 is 4.87. The largest absolute Gasteiger partial charge is 0.481 e. The van der Waals surface area contributed by atoms with Gasteiger partial charge in [-0.15, -0.1) is 0 Å². The van der Waals surface area contributed by atoms with E-state index in [4.69, 9.17) is 4.74 Å². The van der Waals surface area contributed by atoms with E-state index in [0.29, 0.717) is 0 Å². The summed E-state index contributed by atoms with van der Waals surface area (Å²) in [7, 11) is 0. The van der Waals surface area contributed by atoms with Crippen molar-refractivity contribution in [3.8, 4) is 0 Å². The molecule has 0 saturated carbocycles. The van der Waals surface area contributed by atoms with Gasteiger partial charge in [-0.25, -0.2) is 4.99 Å². The van der Waals surface area contributed by atoms with Crippen molar-refractivity contribution in [2.24, 2.45) is 4.99 Å². The zero-order valence-electron chi connectivity index (χ0n) is 4.64. The Bertz CT molecular complexity index is 96.3. The van der Waals surface area contributed by atoms with Crippen LogP contribution in [0.1, 0.15) is 13.8 Å². The van der Waals surface area contributed by atoms with E-state index >= 15 is 0 Å². The van der Waals surface area contributed by atoms with Gasteiger partial charge in [0.05, 0.1) is 5.54 Å². The van der Waals surface area contributed by atoms with Gasteiger partial charge in [0.15, 0.2) is 6.40 Å². The highest BCUT2D eigenvalue weighted by atomic mass is 16.5. The molecule has 0 aromatic rings. The summed E-state index contributed by atoms with van der Waals surface area (Å²) in [5, 5.41) is 0. The van der Waals surface area contributed by atoms with Crippen molar-refractivity contribution >= 4 is 6.40 Å². The lowest BCUT2D eigenvalue weighted by molar-refractivity contribution is 0.287. The molecule has 1 aliphatic rings. The monoisotopic (exact) mass is 99.1 g/mol. The second-order valence-electron chi connectivity index (χ2n) is 2.36. The highest BCUT2D eigenvalue weighted by Gasteiger charge is 2.19. The fraction of sp³-hybridized carbons (Fsp3) is 0.800. The first-order chi connectivity index (χ1) is 3.21. The van der Waals surface area contributed by atoms with Gasteiger partial charge in [0, 0.05) is 0 Å². The normalized spacial score (nSPS) is 24.9. The van der Waals surface area contributed by atoms with Crippen LogP contribution in [0.4, 0.5) is 0 Å². The SMILES string of the molecule is CC1(C)COC=N1.